The highest BCUT2D eigenvalue weighted by atomic mass is 16.6. The minimum atomic E-state index is -0.800. The molecule has 1 aromatic rings. The average molecular weight is 434 g/mol. The standard InChI is InChI=1S/C24H39N3O4/c1-10-18(6)27(20(28)14-25-23(30)31-24(7,8)9)21(22(29)26-15(2)3)19-12-11-16(4)13-17(19)5/h11-13,15,18,21H,10,14H2,1-9H3,(H,25,30)(H,26,29). The van der Waals surface area contributed by atoms with Crippen LogP contribution in [0.2, 0.25) is 0 Å². The Labute approximate surface area is 186 Å². The van der Waals surface area contributed by atoms with E-state index in [1.54, 1.807) is 25.7 Å². The van der Waals surface area contributed by atoms with E-state index in [1.165, 1.54) is 0 Å². The van der Waals surface area contributed by atoms with Crippen molar-refractivity contribution in [2.45, 2.75) is 92.5 Å². The Hall–Kier alpha value is -2.57. The molecule has 0 saturated carbocycles. The van der Waals surface area contributed by atoms with Crippen LogP contribution in [0.5, 0.6) is 0 Å². The molecular formula is C24H39N3O4. The predicted octanol–water partition coefficient (Wildman–Crippen LogP) is 4.02. The van der Waals surface area contributed by atoms with Crippen LogP contribution in [0.1, 0.15) is 77.6 Å². The molecule has 7 nitrogen and oxygen atoms in total. The highest BCUT2D eigenvalue weighted by molar-refractivity contribution is 5.91. The van der Waals surface area contributed by atoms with Gasteiger partial charge in [-0.2, -0.15) is 0 Å². The molecule has 0 saturated heterocycles. The fourth-order valence-electron chi connectivity index (χ4n) is 3.31. The molecule has 31 heavy (non-hydrogen) atoms. The van der Waals surface area contributed by atoms with Crippen molar-refractivity contribution in [2.24, 2.45) is 0 Å². The summed E-state index contributed by atoms with van der Waals surface area (Å²) >= 11 is 0. The van der Waals surface area contributed by atoms with Gasteiger partial charge in [-0.25, -0.2) is 4.79 Å². The number of hydrogen-bond acceptors (Lipinski definition) is 4. The number of nitrogens with one attached hydrogen (secondary N) is 2. The maximum absolute atomic E-state index is 13.3. The molecule has 2 unspecified atom stereocenters. The van der Waals surface area contributed by atoms with E-state index in [1.807, 2.05) is 59.7 Å². The Kier molecular flexibility index (Phi) is 9.53. The van der Waals surface area contributed by atoms with E-state index in [9.17, 15) is 14.4 Å². The maximum Gasteiger partial charge on any atom is 0.408 e. The molecule has 0 aromatic heterocycles. The zero-order chi connectivity index (χ0) is 23.9. The van der Waals surface area contributed by atoms with Crippen molar-refractivity contribution in [3.8, 4) is 0 Å². The van der Waals surface area contributed by atoms with Gasteiger partial charge in [0.05, 0.1) is 0 Å². The smallest absolute Gasteiger partial charge is 0.408 e. The summed E-state index contributed by atoms with van der Waals surface area (Å²) in [6.07, 6.45) is -0.00574. The van der Waals surface area contributed by atoms with Gasteiger partial charge in [0.15, 0.2) is 0 Å². The first-order valence-electron chi connectivity index (χ1n) is 10.9. The van der Waals surface area contributed by atoms with Crippen LogP contribution >= 0.6 is 0 Å². The van der Waals surface area contributed by atoms with Gasteiger partial charge in [0.1, 0.15) is 18.2 Å². The zero-order valence-electron chi connectivity index (χ0n) is 20.5. The summed E-state index contributed by atoms with van der Waals surface area (Å²) in [4.78, 5) is 40.2. The van der Waals surface area contributed by atoms with Gasteiger partial charge in [0.2, 0.25) is 11.8 Å². The van der Waals surface area contributed by atoms with E-state index in [0.29, 0.717) is 6.42 Å². The average Bonchev–Trinajstić information content (AvgIpc) is 2.62. The normalized spacial score (nSPS) is 13.4. The number of benzene rings is 1. The van der Waals surface area contributed by atoms with E-state index in [4.69, 9.17) is 4.74 Å². The minimum Gasteiger partial charge on any atom is -0.444 e. The number of alkyl carbamates (subject to hydrolysis) is 1. The van der Waals surface area contributed by atoms with Crippen LogP contribution in [0.4, 0.5) is 4.79 Å². The van der Waals surface area contributed by atoms with Crippen molar-refractivity contribution in [2.75, 3.05) is 6.54 Å². The molecule has 0 aliphatic carbocycles. The molecule has 0 bridgehead atoms. The van der Waals surface area contributed by atoms with Crippen molar-refractivity contribution < 1.29 is 19.1 Å². The van der Waals surface area contributed by atoms with E-state index in [2.05, 4.69) is 10.6 Å². The first-order chi connectivity index (χ1) is 14.3. The van der Waals surface area contributed by atoms with E-state index in [0.717, 1.165) is 16.7 Å². The molecule has 0 radical (unpaired) electrons. The second-order valence-corrected chi connectivity index (χ2v) is 9.34. The van der Waals surface area contributed by atoms with Crippen LogP contribution in [-0.4, -0.2) is 47.0 Å². The Morgan fingerprint density at radius 3 is 2.19 bits per heavy atom. The quantitative estimate of drug-likeness (QED) is 0.648. The molecule has 1 rings (SSSR count). The first-order valence-corrected chi connectivity index (χ1v) is 10.9. The first kappa shape index (κ1) is 26.5. The van der Waals surface area contributed by atoms with Gasteiger partial charge >= 0.3 is 6.09 Å². The summed E-state index contributed by atoms with van der Waals surface area (Å²) in [6.45, 7) is 16.6. The fourth-order valence-corrected chi connectivity index (χ4v) is 3.31. The Morgan fingerprint density at radius 2 is 1.71 bits per heavy atom. The molecule has 2 N–H and O–H groups in total. The van der Waals surface area contributed by atoms with Gasteiger partial charge in [-0.3, -0.25) is 9.59 Å². The molecule has 0 aliphatic rings. The second-order valence-electron chi connectivity index (χ2n) is 9.34. The monoisotopic (exact) mass is 433 g/mol. The second kappa shape index (κ2) is 11.2. The lowest BCUT2D eigenvalue weighted by Crippen LogP contribution is -2.52. The van der Waals surface area contributed by atoms with Crippen LogP contribution in [0.15, 0.2) is 18.2 Å². The molecule has 0 heterocycles. The number of hydrogen-bond donors (Lipinski definition) is 2. The maximum atomic E-state index is 13.3. The van der Waals surface area contributed by atoms with Gasteiger partial charge in [0, 0.05) is 12.1 Å². The van der Waals surface area contributed by atoms with E-state index >= 15 is 0 Å². The lowest BCUT2D eigenvalue weighted by atomic mass is 9.95. The van der Waals surface area contributed by atoms with Gasteiger partial charge in [-0.15, -0.1) is 0 Å². The summed E-state index contributed by atoms with van der Waals surface area (Å²) in [5.41, 5.74) is 2.12. The lowest BCUT2D eigenvalue weighted by molar-refractivity contribution is -0.143. The van der Waals surface area contributed by atoms with Gasteiger partial charge in [-0.05, 0) is 72.9 Å². The van der Waals surface area contributed by atoms with Crippen LogP contribution in [0.25, 0.3) is 0 Å². The van der Waals surface area contributed by atoms with Crippen LogP contribution in [0.3, 0.4) is 0 Å². The van der Waals surface area contributed by atoms with Crippen molar-refractivity contribution in [3.63, 3.8) is 0 Å². The highest BCUT2D eigenvalue weighted by Gasteiger charge is 2.35. The summed E-state index contributed by atoms with van der Waals surface area (Å²) in [6, 6.07) is 4.76. The molecule has 3 amide bonds. The zero-order valence-corrected chi connectivity index (χ0v) is 20.5. The Morgan fingerprint density at radius 1 is 1.10 bits per heavy atom. The number of amides is 3. The number of rotatable bonds is 8. The number of nitrogens with zero attached hydrogens (tertiary/aromatic N) is 1. The topological polar surface area (TPSA) is 87.7 Å². The SMILES string of the molecule is CCC(C)N(C(=O)CNC(=O)OC(C)(C)C)C(C(=O)NC(C)C)c1ccc(C)cc1C. The Balaban J connectivity index is 3.30. The minimum absolute atomic E-state index is 0.0745. The summed E-state index contributed by atoms with van der Waals surface area (Å²) in [5, 5.41) is 5.47. The van der Waals surface area contributed by atoms with E-state index in [-0.39, 0.29) is 30.4 Å². The molecule has 174 valence electrons. The largest absolute Gasteiger partial charge is 0.444 e. The summed E-state index contributed by atoms with van der Waals surface area (Å²) in [7, 11) is 0. The van der Waals surface area contributed by atoms with Gasteiger partial charge < -0.3 is 20.3 Å². The van der Waals surface area contributed by atoms with Crippen LogP contribution in [-0.2, 0) is 14.3 Å². The third kappa shape index (κ3) is 8.23. The summed E-state index contributed by atoms with van der Waals surface area (Å²) in [5.74, 6) is -0.586. The number of ether oxygens (including phenoxy) is 1. The molecule has 1 aromatic carbocycles. The predicted molar refractivity (Wildman–Crippen MR) is 123 cm³/mol. The van der Waals surface area contributed by atoms with Crippen molar-refractivity contribution >= 4 is 17.9 Å². The molecule has 2 atom stereocenters. The number of carbonyl (C=O) groups excluding carboxylic acids is 3. The van der Waals surface area contributed by atoms with Gasteiger partial charge in [0.25, 0.3) is 0 Å². The van der Waals surface area contributed by atoms with Gasteiger partial charge in [-0.1, -0.05) is 30.7 Å². The molecule has 0 fully saturated rings. The third-order valence-corrected chi connectivity index (χ3v) is 4.81. The van der Waals surface area contributed by atoms with Crippen LogP contribution in [0, 0.1) is 13.8 Å². The molecule has 7 heteroatoms. The highest BCUT2D eigenvalue weighted by Crippen LogP contribution is 2.28. The lowest BCUT2D eigenvalue weighted by Gasteiger charge is -2.37. The Bertz CT molecular complexity index is 784. The fraction of sp³-hybridized carbons (Fsp3) is 0.625. The molecular weight excluding hydrogens is 394 g/mol. The van der Waals surface area contributed by atoms with E-state index < -0.39 is 17.7 Å². The molecule has 0 aliphatic heterocycles. The summed E-state index contributed by atoms with van der Waals surface area (Å²) < 4.78 is 5.23. The van der Waals surface area contributed by atoms with Crippen molar-refractivity contribution in [1.82, 2.24) is 15.5 Å². The third-order valence-electron chi connectivity index (χ3n) is 4.81. The molecule has 0 spiro atoms. The van der Waals surface area contributed by atoms with Crippen molar-refractivity contribution in [1.29, 1.82) is 0 Å². The van der Waals surface area contributed by atoms with Crippen LogP contribution < -0.4 is 10.6 Å². The van der Waals surface area contributed by atoms with Crippen molar-refractivity contribution in [3.05, 3.63) is 34.9 Å². The number of aryl methyl sites for hydroxylation is 2. The number of carbonyl (C=O) groups is 3.